The molecule has 1 aliphatic rings. The lowest BCUT2D eigenvalue weighted by molar-refractivity contribution is -0.447. The van der Waals surface area contributed by atoms with Gasteiger partial charge in [0.25, 0.3) is 0 Å². The fourth-order valence-corrected chi connectivity index (χ4v) is 1.76. The molecule has 0 radical (unpaired) electrons. The summed E-state index contributed by atoms with van der Waals surface area (Å²) in [4.78, 5) is 14.1. The maximum atomic E-state index is 11.0. The Balaban J connectivity index is 2.00. The van der Waals surface area contributed by atoms with Crippen LogP contribution in [0.15, 0.2) is 30.3 Å². The molecule has 1 aromatic rings. The summed E-state index contributed by atoms with van der Waals surface area (Å²) in [5.41, 5.74) is 0.966. The summed E-state index contributed by atoms with van der Waals surface area (Å²) >= 11 is 0. The van der Waals surface area contributed by atoms with Crippen LogP contribution in [0.4, 0.5) is 0 Å². The monoisotopic (exact) mass is 233 g/mol. The van der Waals surface area contributed by atoms with Crippen LogP contribution in [0.2, 0.25) is 0 Å². The Morgan fingerprint density at radius 1 is 1.47 bits per heavy atom. The van der Waals surface area contributed by atoms with Gasteiger partial charge in [0.1, 0.15) is 6.04 Å². The zero-order valence-corrected chi connectivity index (χ0v) is 9.40. The summed E-state index contributed by atoms with van der Waals surface area (Å²) in [5.74, 6) is -0.438. The van der Waals surface area contributed by atoms with Crippen molar-refractivity contribution in [3.8, 4) is 0 Å². The number of rotatable bonds is 4. The zero-order chi connectivity index (χ0) is 12.1. The molecule has 5 heteroatoms. The van der Waals surface area contributed by atoms with Crippen LogP contribution in [0.3, 0.4) is 0 Å². The van der Waals surface area contributed by atoms with Crippen molar-refractivity contribution < 1.29 is 14.9 Å². The minimum atomic E-state index is -1.10. The van der Waals surface area contributed by atoms with Gasteiger partial charge >= 0.3 is 5.96 Å². The maximum Gasteiger partial charge on any atom is 0.344 e. The number of carbonyl (C=O) groups is 1. The molecule has 0 aliphatic carbocycles. The van der Waals surface area contributed by atoms with E-state index in [4.69, 9.17) is 0 Å². The van der Waals surface area contributed by atoms with Gasteiger partial charge in [0.15, 0.2) is 0 Å². The molecule has 2 rings (SSSR count). The molecule has 1 heterocycles. The Morgan fingerprint density at radius 3 is 2.82 bits per heavy atom. The van der Waals surface area contributed by atoms with Crippen molar-refractivity contribution in [1.29, 1.82) is 0 Å². The van der Waals surface area contributed by atoms with Crippen molar-refractivity contribution in [3.05, 3.63) is 35.9 Å². The Morgan fingerprint density at radius 2 is 2.24 bits per heavy atom. The van der Waals surface area contributed by atoms with Gasteiger partial charge in [-0.25, -0.2) is 0 Å². The second-order valence-electron chi connectivity index (χ2n) is 3.93. The van der Waals surface area contributed by atoms with Crippen molar-refractivity contribution in [2.24, 2.45) is 0 Å². The van der Waals surface area contributed by atoms with Gasteiger partial charge in [-0.2, -0.15) is 0 Å². The third-order valence-electron chi connectivity index (χ3n) is 2.61. The molecule has 1 aliphatic heterocycles. The van der Waals surface area contributed by atoms with E-state index >= 15 is 0 Å². The van der Waals surface area contributed by atoms with Gasteiger partial charge in [-0.05, 0) is 5.56 Å². The summed E-state index contributed by atoms with van der Waals surface area (Å²) in [6.45, 7) is 1.60. The number of guanidine groups is 1. The molecule has 0 aromatic heterocycles. The molecule has 17 heavy (non-hydrogen) atoms. The number of carboxylic acids is 1. The van der Waals surface area contributed by atoms with E-state index in [9.17, 15) is 9.90 Å². The highest BCUT2D eigenvalue weighted by Crippen LogP contribution is 2.02. The molecule has 0 amide bonds. The third kappa shape index (κ3) is 3.21. The minimum absolute atomic E-state index is 0.399. The number of carbonyl (C=O) groups excluding carboxylic acids is 1. The predicted octanol–water partition coefficient (Wildman–Crippen LogP) is -3.02. The Labute approximate surface area is 99.6 Å². The Hall–Kier alpha value is -2.04. The second kappa shape index (κ2) is 5.34. The topological polar surface area (TPSA) is 78.2 Å². The van der Waals surface area contributed by atoms with E-state index < -0.39 is 12.0 Å². The molecule has 0 spiro atoms. The average Bonchev–Trinajstić information content (AvgIpc) is 2.82. The molecular formula is C12H15N3O2. The van der Waals surface area contributed by atoms with Crippen LogP contribution < -0.4 is 20.7 Å². The van der Waals surface area contributed by atoms with Crippen molar-refractivity contribution in [1.82, 2.24) is 10.6 Å². The van der Waals surface area contributed by atoms with Gasteiger partial charge in [-0.3, -0.25) is 15.6 Å². The van der Waals surface area contributed by atoms with Gasteiger partial charge in [0.05, 0.1) is 19.1 Å². The van der Waals surface area contributed by atoms with Crippen LogP contribution in [0, 0.1) is 0 Å². The van der Waals surface area contributed by atoms with E-state index in [1.165, 1.54) is 0 Å². The highest BCUT2D eigenvalue weighted by atomic mass is 16.4. The SMILES string of the molecule is O=C([O-])[C@@H](Cc1ccccc1)NC1=[NH+]CCN1. The van der Waals surface area contributed by atoms with Crippen molar-refractivity contribution in [3.63, 3.8) is 0 Å². The van der Waals surface area contributed by atoms with Crippen LogP contribution in [-0.2, 0) is 11.2 Å². The van der Waals surface area contributed by atoms with Gasteiger partial charge in [0.2, 0.25) is 0 Å². The molecule has 1 aromatic carbocycles. The van der Waals surface area contributed by atoms with Crippen molar-refractivity contribution >= 4 is 11.9 Å². The zero-order valence-electron chi connectivity index (χ0n) is 9.40. The minimum Gasteiger partial charge on any atom is -0.546 e. The van der Waals surface area contributed by atoms with Gasteiger partial charge in [-0.15, -0.1) is 0 Å². The largest absolute Gasteiger partial charge is 0.546 e. The van der Waals surface area contributed by atoms with Gasteiger partial charge < -0.3 is 9.90 Å². The first kappa shape index (κ1) is 11.4. The van der Waals surface area contributed by atoms with Crippen LogP contribution in [0.25, 0.3) is 0 Å². The molecule has 0 unspecified atom stereocenters. The molecule has 90 valence electrons. The number of hydrogen-bond donors (Lipinski definition) is 3. The first-order chi connectivity index (χ1) is 8.25. The third-order valence-corrected chi connectivity index (χ3v) is 2.61. The number of hydrogen-bond acceptors (Lipinski definition) is 4. The first-order valence-corrected chi connectivity index (χ1v) is 5.62. The fraction of sp³-hybridized carbons (Fsp3) is 0.333. The standard InChI is InChI=1S/C12H15N3O2/c16-11(17)10(15-12-13-6-7-14-12)8-9-4-2-1-3-5-9/h1-5,10H,6-8H2,(H,16,17)(H2,13,14,15)/t10-/m1/s1. The van der Waals surface area contributed by atoms with Crippen LogP contribution in [-0.4, -0.2) is 31.1 Å². The second-order valence-corrected chi connectivity index (χ2v) is 3.93. The molecule has 5 nitrogen and oxygen atoms in total. The summed E-state index contributed by atoms with van der Waals surface area (Å²) in [7, 11) is 0. The molecular weight excluding hydrogens is 218 g/mol. The van der Waals surface area contributed by atoms with Crippen LogP contribution >= 0.6 is 0 Å². The van der Waals surface area contributed by atoms with Gasteiger partial charge in [-0.1, -0.05) is 30.3 Å². The maximum absolute atomic E-state index is 11.0. The number of nitrogens with one attached hydrogen (secondary N) is 3. The highest BCUT2D eigenvalue weighted by molar-refractivity contribution is 5.82. The lowest BCUT2D eigenvalue weighted by Gasteiger charge is -2.16. The smallest absolute Gasteiger partial charge is 0.344 e. The summed E-state index contributed by atoms with van der Waals surface area (Å²) in [6, 6.07) is 8.75. The predicted molar refractivity (Wildman–Crippen MR) is 60.9 cm³/mol. The molecule has 3 N–H and O–H groups in total. The van der Waals surface area contributed by atoms with E-state index in [2.05, 4.69) is 15.6 Å². The highest BCUT2D eigenvalue weighted by Gasteiger charge is 2.19. The molecule has 0 fully saturated rings. The molecule has 0 bridgehead atoms. The fourth-order valence-electron chi connectivity index (χ4n) is 1.76. The number of benzene rings is 1. The van der Waals surface area contributed by atoms with Crippen molar-refractivity contribution in [2.45, 2.75) is 12.5 Å². The molecule has 0 saturated carbocycles. The normalized spacial score (nSPS) is 15.9. The summed E-state index contributed by atoms with van der Waals surface area (Å²) in [5, 5.41) is 17.0. The average molecular weight is 233 g/mol. The number of carboxylic acid groups (broad SMARTS) is 1. The molecule has 1 atom stereocenters. The molecule has 0 saturated heterocycles. The Bertz CT molecular complexity index is 417. The van der Waals surface area contributed by atoms with Crippen molar-refractivity contribution in [2.75, 3.05) is 13.1 Å². The summed E-state index contributed by atoms with van der Waals surface area (Å²) < 4.78 is 0. The van der Waals surface area contributed by atoms with E-state index in [1.54, 1.807) is 0 Å². The first-order valence-electron chi connectivity index (χ1n) is 5.62. The van der Waals surface area contributed by atoms with E-state index in [0.717, 1.165) is 18.7 Å². The number of aliphatic carboxylic acids is 1. The lowest BCUT2D eigenvalue weighted by atomic mass is 10.1. The lowest BCUT2D eigenvalue weighted by Crippen LogP contribution is -2.75. The van der Waals surface area contributed by atoms with E-state index in [1.807, 2.05) is 30.3 Å². The van der Waals surface area contributed by atoms with E-state index in [-0.39, 0.29) is 0 Å². The van der Waals surface area contributed by atoms with E-state index in [0.29, 0.717) is 12.4 Å². The quantitative estimate of drug-likeness (QED) is 0.517. The summed E-state index contributed by atoms with van der Waals surface area (Å²) in [6.07, 6.45) is 0.399. The van der Waals surface area contributed by atoms with Gasteiger partial charge in [0, 0.05) is 6.42 Å². The Kier molecular flexibility index (Phi) is 3.59. The van der Waals surface area contributed by atoms with Crippen LogP contribution in [0.1, 0.15) is 5.56 Å². The van der Waals surface area contributed by atoms with Crippen LogP contribution in [0.5, 0.6) is 0 Å².